The van der Waals surface area contributed by atoms with Crippen LogP contribution in [0.5, 0.6) is 0 Å². The summed E-state index contributed by atoms with van der Waals surface area (Å²) in [4.78, 5) is 17.3. The molecule has 27 heavy (non-hydrogen) atoms. The van der Waals surface area contributed by atoms with E-state index in [2.05, 4.69) is 15.6 Å². The number of amides is 1. The summed E-state index contributed by atoms with van der Waals surface area (Å²) < 4.78 is 5.65. The molecule has 142 valence electrons. The molecule has 0 unspecified atom stereocenters. The number of nitrogens with one attached hydrogen (secondary N) is 2. The van der Waals surface area contributed by atoms with E-state index in [4.69, 9.17) is 4.74 Å². The standard InChI is InChI=1S/C22H27N3O2/c1-15-10-11-18(13-17(15)3)21(26)25-22(23-14-19-8-6-12-27-19)24-20-9-5-4-7-16(20)2/h4-5,7,9-11,13,19H,6,8,12,14H2,1-3H3,(H2,23,24,25,26)/t19-/m0/s1. The van der Waals surface area contributed by atoms with Gasteiger partial charge in [0.2, 0.25) is 5.96 Å². The number of rotatable bonds is 4. The van der Waals surface area contributed by atoms with E-state index in [0.29, 0.717) is 18.1 Å². The first-order chi connectivity index (χ1) is 13.0. The summed E-state index contributed by atoms with van der Waals surface area (Å²) >= 11 is 0. The van der Waals surface area contributed by atoms with E-state index in [0.717, 1.165) is 41.8 Å². The zero-order valence-corrected chi connectivity index (χ0v) is 16.2. The van der Waals surface area contributed by atoms with E-state index >= 15 is 0 Å². The second-order valence-corrected chi connectivity index (χ2v) is 7.02. The molecule has 2 aromatic carbocycles. The monoisotopic (exact) mass is 365 g/mol. The summed E-state index contributed by atoms with van der Waals surface area (Å²) in [6.07, 6.45) is 2.19. The molecule has 0 spiro atoms. The van der Waals surface area contributed by atoms with Crippen LogP contribution in [0.4, 0.5) is 5.69 Å². The molecule has 3 rings (SSSR count). The summed E-state index contributed by atoms with van der Waals surface area (Å²) in [5, 5.41) is 6.18. The molecule has 1 fully saturated rings. The Balaban J connectivity index is 1.77. The Bertz CT molecular complexity index is 839. The van der Waals surface area contributed by atoms with Crippen molar-refractivity contribution < 1.29 is 9.53 Å². The molecule has 2 aromatic rings. The van der Waals surface area contributed by atoms with Crippen LogP contribution in [0.25, 0.3) is 0 Å². The minimum atomic E-state index is -0.176. The number of aryl methyl sites for hydroxylation is 3. The average Bonchev–Trinajstić information content (AvgIpc) is 3.17. The predicted octanol–water partition coefficient (Wildman–Crippen LogP) is 3.99. The molecule has 1 amide bonds. The minimum Gasteiger partial charge on any atom is -0.376 e. The number of aliphatic imine (C=N–C) groups is 1. The van der Waals surface area contributed by atoms with Crippen molar-refractivity contribution in [1.82, 2.24) is 5.32 Å². The molecule has 2 N–H and O–H groups in total. The van der Waals surface area contributed by atoms with Gasteiger partial charge >= 0.3 is 0 Å². The van der Waals surface area contributed by atoms with E-state index in [9.17, 15) is 4.79 Å². The fourth-order valence-corrected chi connectivity index (χ4v) is 2.99. The number of benzene rings is 2. The largest absolute Gasteiger partial charge is 0.376 e. The Morgan fingerprint density at radius 2 is 1.93 bits per heavy atom. The number of hydrogen-bond donors (Lipinski definition) is 2. The van der Waals surface area contributed by atoms with Gasteiger partial charge in [0.15, 0.2) is 0 Å². The Morgan fingerprint density at radius 1 is 1.11 bits per heavy atom. The van der Waals surface area contributed by atoms with Crippen molar-refractivity contribution in [3.8, 4) is 0 Å². The Hall–Kier alpha value is -2.66. The molecule has 0 radical (unpaired) electrons. The summed E-state index contributed by atoms with van der Waals surface area (Å²) in [6, 6.07) is 13.6. The topological polar surface area (TPSA) is 62.7 Å². The number of carbonyl (C=O) groups excluding carboxylic acids is 1. The Kier molecular flexibility index (Phi) is 6.24. The lowest BCUT2D eigenvalue weighted by atomic mass is 10.1. The fraction of sp³-hybridized carbons (Fsp3) is 0.364. The molecule has 1 atom stereocenters. The lowest BCUT2D eigenvalue weighted by Crippen LogP contribution is -2.37. The summed E-state index contributed by atoms with van der Waals surface area (Å²) in [5.41, 5.74) is 4.88. The highest BCUT2D eigenvalue weighted by molar-refractivity contribution is 6.10. The second-order valence-electron chi connectivity index (χ2n) is 7.02. The molecule has 1 aliphatic heterocycles. The van der Waals surface area contributed by atoms with Crippen LogP contribution >= 0.6 is 0 Å². The Morgan fingerprint density at radius 3 is 2.63 bits per heavy atom. The van der Waals surface area contributed by atoms with Crippen molar-refractivity contribution >= 4 is 17.6 Å². The van der Waals surface area contributed by atoms with Gasteiger partial charge in [-0.15, -0.1) is 0 Å². The van der Waals surface area contributed by atoms with E-state index in [1.807, 2.05) is 63.2 Å². The number of nitrogens with zero attached hydrogens (tertiary/aromatic N) is 1. The van der Waals surface area contributed by atoms with E-state index in [1.165, 1.54) is 0 Å². The van der Waals surface area contributed by atoms with Gasteiger partial charge < -0.3 is 10.1 Å². The van der Waals surface area contributed by atoms with Crippen LogP contribution in [0.3, 0.4) is 0 Å². The first kappa shape index (κ1) is 19.1. The number of para-hydroxylation sites is 1. The van der Waals surface area contributed by atoms with Crippen molar-refractivity contribution in [3.63, 3.8) is 0 Å². The Labute approximate surface area is 160 Å². The third-order valence-electron chi connectivity index (χ3n) is 4.88. The second kappa shape index (κ2) is 8.82. The average molecular weight is 365 g/mol. The van der Waals surface area contributed by atoms with Crippen LogP contribution in [0.15, 0.2) is 47.5 Å². The summed E-state index contributed by atoms with van der Waals surface area (Å²) in [7, 11) is 0. The van der Waals surface area contributed by atoms with E-state index in [-0.39, 0.29) is 12.0 Å². The van der Waals surface area contributed by atoms with Crippen molar-refractivity contribution in [2.24, 2.45) is 4.99 Å². The quantitative estimate of drug-likeness (QED) is 0.636. The van der Waals surface area contributed by atoms with Crippen molar-refractivity contribution in [2.75, 3.05) is 18.5 Å². The lowest BCUT2D eigenvalue weighted by Gasteiger charge is -2.15. The zero-order chi connectivity index (χ0) is 19.2. The number of hydrogen-bond acceptors (Lipinski definition) is 3. The summed E-state index contributed by atoms with van der Waals surface area (Å²) in [5.74, 6) is 0.272. The van der Waals surface area contributed by atoms with Crippen LogP contribution < -0.4 is 10.6 Å². The van der Waals surface area contributed by atoms with Gasteiger partial charge in [-0.05, 0) is 68.5 Å². The molecule has 1 saturated heterocycles. The number of carbonyl (C=O) groups is 1. The molecule has 5 heteroatoms. The van der Waals surface area contributed by atoms with E-state index in [1.54, 1.807) is 0 Å². The molecule has 1 heterocycles. The lowest BCUT2D eigenvalue weighted by molar-refractivity contribution is 0.0975. The number of anilines is 1. The van der Waals surface area contributed by atoms with Gasteiger partial charge in [-0.3, -0.25) is 10.1 Å². The van der Waals surface area contributed by atoms with Gasteiger partial charge in [0.05, 0.1) is 12.6 Å². The van der Waals surface area contributed by atoms with Gasteiger partial charge in [0.25, 0.3) is 5.91 Å². The molecular weight excluding hydrogens is 338 g/mol. The summed E-state index contributed by atoms with van der Waals surface area (Å²) in [6.45, 7) is 7.37. The van der Waals surface area contributed by atoms with Crippen molar-refractivity contribution in [1.29, 1.82) is 0 Å². The molecule has 0 aromatic heterocycles. The van der Waals surface area contributed by atoms with Gasteiger partial charge in [0, 0.05) is 17.9 Å². The molecule has 0 saturated carbocycles. The third kappa shape index (κ3) is 5.17. The number of ether oxygens (including phenoxy) is 1. The van der Waals surface area contributed by atoms with Gasteiger partial charge in [-0.25, -0.2) is 4.99 Å². The first-order valence-electron chi connectivity index (χ1n) is 9.40. The van der Waals surface area contributed by atoms with Crippen LogP contribution in [0, 0.1) is 20.8 Å². The maximum absolute atomic E-state index is 12.7. The van der Waals surface area contributed by atoms with Crippen LogP contribution in [-0.4, -0.2) is 31.1 Å². The highest BCUT2D eigenvalue weighted by Crippen LogP contribution is 2.15. The highest BCUT2D eigenvalue weighted by atomic mass is 16.5. The van der Waals surface area contributed by atoms with Gasteiger partial charge in [0.1, 0.15) is 0 Å². The maximum atomic E-state index is 12.7. The number of guanidine groups is 1. The highest BCUT2D eigenvalue weighted by Gasteiger charge is 2.16. The molecule has 1 aliphatic rings. The third-order valence-corrected chi connectivity index (χ3v) is 4.88. The van der Waals surface area contributed by atoms with E-state index < -0.39 is 0 Å². The molecule has 5 nitrogen and oxygen atoms in total. The molecule has 0 bridgehead atoms. The smallest absolute Gasteiger partial charge is 0.257 e. The zero-order valence-electron chi connectivity index (χ0n) is 16.2. The van der Waals surface area contributed by atoms with Gasteiger partial charge in [-0.1, -0.05) is 24.3 Å². The maximum Gasteiger partial charge on any atom is 0.257 e. The first-order valence-corrected chi connectivity index (χ1v) is 9.40. The fourth-order valence-electron chi connectivity index (χ4n) is 2.99. The van der Waals surface area contributed by atoms with Crippen molar-refractivity contribution in [3.05, 3.63) is 64.7 Å². The SMILES string of the molecule is Cc1ccc(C(=O)NC(=NC[C@@H]2CCCO2)Nc2ccccc2C)cc1C. The minimum absolute atomic E-state index is 0.122. The molecule has 0 aliphatic carbocycles. The van der Waals surface area contributed by atoms with Crippen LogP contribution in [0.1, 0.15) is 39.9 Å². The predicted molar refractivity (Wildman–Crippen MR) is 109 cm³/mol. The van der Waals surface area contributed by atoms with Gasteiger partial charge in [-0.2, -0.15) is 0 Å². The molecular formula is C22H27N3O2. The van der Waals surface area contributed by atoms with Crippen LogP contribution in [0.2, 0.25) is 0 Å². The van der Waals surface area contributed by atoms with Crippen LogP contribution in [-0.2, 0) is 4.74 Å². The normalized spacial score (nSPS) is 17.0. The van der Waals surface area contributed by atoms with Crippen molar-refractivity contribution in [2.45, 2.75) is 39.7 Å².